The lowest BCUT2D eigenvalue weighted by Gasteiger charge is -2.48. The molecule has 2 saturated heterocycles. The number of halogens is 1. The Kier molecular flexibility index (Phi) is 5.85. The van der Waals surface area contributed by atoms with Gasteiger partial charge in [-0.3, -0.25) is 4.90 Å². The van der Waals surface area contributed by atoms with Crippen LogP contribution in [-0.4, -0.2) is 37.2 Å². The van der Waals surface area contributed by atoms with Crippen LogP contribution in [0.1, 0.15) is 24.0 Å². The van der Waals surface area contributed by atoms with Gasteiger partial charge >= 0.3 is 6.03 Å². The van der Waals surface area contributed by atoms with Crippen molar-refractivity contribution >= 4 is 23.3 Å². The molecule has 2 aromatic rings. The van der Waals surface area contributed by atoms with Crippen molar-refractivity contribution in [2.45, 2.75) is 25.9 Å². The molecule has 2 aromatic carbocycles. The summed E-state index contributed by atoms with van der Waals surface area (Å²) in [5.41, 5.74) is 3.47. The van der Waals surface area contributed by atoms with Gasteiger partial charge in [-0.15, -0.1) is 0 Å². The molecule has 2 fully saturated rings. The molecule has 2 aliphatic rings. The normalized spacial score (nSPS) is 18.5. The predicted molar refractivity (Wildman–Crippen MR) is 112 cm³/mol. The summed E-state index contributed by atoms with van der Waals surface area (Å²) < 4.78 is 5.44. The molecule has 0 saturated carbocycles. The van der Waals surface area contributed by atoms with Crippen LogP contribution in [-0.2, 0) is 17.8 Å². The molecule has 28 heavy (non-hydrogen) atoms. The Morgan fingerprint density at radius 3 is 2.46 bits per heavy atom. The van der Waals surface area contributed by atoms with Gasteiger partial charge in [-0.25, -0.2) is 4.79 Å². The molecule has 1 spiro atoms. The Morgan fingerprint density at radius 2 is 1.79 bits per heavy atom. The number of rotatable bonds is 5. The van der Waals surface area contributed by atoms with Crippen molar-refractivity contribution in [3.8, 4) is 0 Å². The number of nitrogens with zero attached hydrogens (tertiary/aromatic N) is 1. The molecule has 0 radical (unpaired) electrons. The lowest BCUT2D eigenvalue weighted by molar-refractivity contribution is -0.145. The number of piperidine rings is 1. The average Bonchev–Trinajstić information content (AvgIpc) is 2.68. The number of urea groups is 1. The van der Waals surface area contributed by atoms with E-state index in [1.807, 2.05) is 36.4 Å². The molecular formula is C22H26ClN3O2. The van der Waals surface area contributed by atoms with Crippen molar-refractivity contribution in [2.75, 3.05) is 31.6 Å². The van der Waals surface area contributed by atoms with Crippen molar-refractivity contribution in [3.63, 3.8) is 0 Å². The third kappa shape index (κ3) is 4.85. The molecule has 2 aliphatic heterocycles. The van der Waals surface area contributed by atoms with Crippen LogP contribution >= 0.6 is 11.6 Å². The second-order valence-corrected chi connectivity index (χ2v) is 8.37. The zero-order chi connectivity index (χ0) is 19.4. The Balaban J connectivity index is 1.24. The number of hydrogen-bond donors (Lipinski definition) is 2. The Labute approximate surface area is 171 Å². The first-order valence-corrected chi connectivity index (χ1v) is 10.2. The number of hydrogen-bond acceptors (Lipinski definition) is 3. The predicted octanol–water partition coefficient (Wildman–Crippen LogP) is 4.27. The first-order valence-electron chi connectivity index (χ1n) is 9.79. The van der Waals surface area contributed by atoms with Gasteiger partial charge in [0, 0.05) is 35.8 Å². The number of amides is 2. The highest BCUT2D eigenvalue weighted by atomic mass is 35.5. The molecule has 0 bridgehead atoms. The van der Waals surface area contributed by atoms with Gasteiger partial charge in [0.15, 0.2) is 0 Å². The van der Waals surface area contributed by atoms with E-state index in [1.165, 1.54) is 18.4 Å². The van der Waals surface area contributed by atoms with Gasteiger partial charge in [-0.1, -0.05) is 35.9 Å². The van der Waals surface area contributed by atoms with Crippen LogP contribution in [0.5, 0.6) is 0 Å². The van der Waals surface area contributed by atoms with Crippen molar-refractivity contribution in [1.29, 1.82) is 0 Å². The quantitative estimate of drug-likeness (QED) is 0.789. The number of carbonyl (C=O) groups excluding carboxylic acids is 1. The van der Waals surface area contributed by atoms with Crippen molar-refractivity contribution < 1.29 is 9.53 Å². The highest BCUT2D eigenvalue weighted by molar-refractivity contribution is 6.30. The topological polar surface area (TPSA) is 53.6 Å². The number of nitrogens with one attached hydrogen (secondary N) is 2. The summed E-state index contributed by atoms with van der Waals surface area (Å²) >= 11 is 5.87. The van der Waals surface area contributed by atoms with Gasteiger partial charge in [-0.05, 0) is 54.8 Å². The number of carbonyl (C=O) groups is 1. The van der Waals surface area contributed by atoms with Crippen LogP contribution in [0.25, 0.3) is 0 Å². The van der Waals surface area contributed by atoms with Crippen LogP contribution in [0.3, 0.4) is 0 Å². The molecule has 0 aliphatic carbocycles. The first kappa shape index (κ1) is 19.2. The molecular weight excluding hydrogens is 374 g/mol. The highest BCUT2D eigenvalue weighted by Gasteiger charge is 2.41. The molecule has 4 rings (SSSR count). The Bertz CT molecular complexity index is 804. The highest BCUT2D eigenvalue weighted by Crippen LogP contribution is 2.37. The zero-order valence-electron chi connectivity index (χ0n) is 15.9. The molecule has 5 nitrogen and oxygen atoms in total. The van der Waals surface area contributed by atoms with Gasteiger partial charge in [0.05, 0.1) is 13.2 Å². The Morgan fingerprint density at radius 1 is 1.07 bits per heavy atom. The summed E-state index contributed by atoms with van der Waals surface area (Å²) in [6, 6.07) is 15.3. The number of benzene rings is 2. The SMILES string of the molecule is O=C(NCc1ccc(Cl)cc1)Nc1ccc(CN2CCCC3(COC3)C2)cc1. The number of anilines is 1. The Hall–Kier alpha value is -2.08. The molecule has 0 unspecified atom stereocenters. The van der Waals surface area contributed by atoms with Gasteiger partial charge in [0.1, 0.15) is 0 Å². The van der Waals surface area contributed by atoms with Crippen LogP contribution in [0.4, 0.5) is 10.5 Å². The summed E-state index contributed by atoms with van der Waals surface area (Å²) in [6.07, 6.45) is 2.54. The second-order valence-electron chi connectivity index (χ2n) is 7.94. The van der Waals surface area contributed by atoms with E-state index in [0.717, 1.165) is 44.1 Å². The monoisotopic (exact) mass is 399 g/mol. The molecule has 0 atom stereocenters. The fraction of sp³-hybridized carbons (Fsp3) is 0.409. The maximum absolute atomic E-state index is 12.1. The zero-order valence-corrected chi connectivity index (χ0v) is 16.7. The van der Waals surface area contributed by atoms with Crippen molar-refractivity contribution in [3.05, 3.63) is 64.7 Å². The maximum atomic E-state index is 12.1. The molecule has 2 N–H and O–H groups in total. The second kappa shape index (κ2) is 8.52. The van der Waals surface area contributed by atoms with E-state index in [4.69, 9.17) is 16.3 Å². The van der Waals surface area contributed by atoms with Crippen LogP contribution in [0, 0.1) is 5.41 Å². The fourth-order valence-corrected chi connectivity index (χ4v) is 4.11. The minimum absolute atomic E-state index is 0.217. The van der Waals surface area contributed by atoms with Gasteiger partial charge in [-0.2, -0.15) is 0 Å². The third-order valence-electron chi connectivity index (χ3n) is 5.54. The van der Waals surface area contributed by atoms with Gasteiger partial charge < -0.3 is 15.4 Å². The lowest BCUT2D eigenvalue weighted by Crippen LogP contribution is -2.53. The fourth-order valence-electron chi connectivity index (χ4n) is 3.98. The van der Waals surface area contributed by atoms with Crippen LogP contribution in [0.2, 0.25) is 5.02 Å². The molecule has 2 heterocycles. The molecule has 0 aromatic heterocycles. The number of ether oxygens (including phenoxy) is 1. The third-order valence-corrected chi connectivity index (χ3v) is 5.79. The van der Waals surface area contributed by atoms with Crippen molar-refractivity contribution in [1.82, 2.24) is 10.2 Å². The van der Waals surface area contributed by atoms with E-state index in [-0.39, 0.29) is 6.03 Å². The molecule has 6 heteroatoms. The van der Waals surface area contributed by atoms with Gasteiger partial charge in [0.2, 0.25) is 0 Å². The lowest BCUT2D eigenvalue weighted by atomic mass is 9.78. The largest absolute Gasteiger partial charge is 0.380 e. The van der Waals surface area contributed by atoms with E-state index >= 15 is 0 Å². The van der Waals surface area contributed by atoms with Crippen LogP contribution in [0.15, 0.2) is 48.5 Å². The van der Waals surface area contributed by atoms with E-state index < -0.39 is 0 Å². The van der Waals surface area contributed by atoms with E-state index in [1.54, 1.807) is 0 Å². The number of likely N-dealkylation sites (tertiary alicyclic amines) is 1. The molecule has 2 amide bonds. The minimum atomic E-state index is -0.217. The average molecular weight is 400 g/mol. The summed E-state index contributed by atoms with van der Waals surface area (Å²) in [5, 5.41) is 6.42. The van der Waals surface area contributed by atoms with Crippen molar-refractivity contribution in [2.24, 2.45) is 5.41 Å². The molecule has 148 valence electrons. The van der Waals surface area contributed by atoms with E-state index in [9.17, 15) is 4.79 Å². The smallest absolute Gasteiger partial charge is 0.319 e. The maximum Gasteiger partial charge on any atom is 0.319 e. The van der Waals surface area contributed by atoms with Gasteiger partial charge in [0.25, 0.3) is 0 Å². The minimum Gasteiger partial charge on any atom is -0.380 e. The summed E-state index contributed by atoms with van der Waals surface area (Å²) in [5.74, 6) is 0. The summed E-state index contributed by atoms with van der Waals surface area (Å²) in [4.78, 5) is 14.6. The van der Waals surface area contributed by atoms with E-state index in [0.29, 0.717) is 17.0 Å². The van der Waals surface area contributed by atoms with E-state index in [2.05, 4.69) is 27.7 Å². The van der Waals surface area contributed by atoms with Crippen LogP contribution < -0.4 is 10.6 Å². The summed E-state index contributed by atoms with van der Waals surface area (Å²) in [7, 11) is 0. The first-order chi connectivity index (χ1) is 13.6. The summed E-state index contributed by atoms with van der Waals surface area (Å²) in [6.45, 7) is 5.51. The standard InChI is InChI=1S/C22H26ClN3O2/c23-19-6-2-17(3-7-19)12-24-21(27)25-20-8-4-18(5-9-20)13-26-11-1-10-22(14-26)15-28-16-22/h2-9H,1,10-16H2,(H2,24,25,27).